The first-order valence-corrected chi connectivity index (χ1v) is 12.3. The first-order chi connectivity index (χ1) is 13.8. The summed E-state index contributed by atoms with van der Waals surface area (Å²) in [5.74, 6) is 3.77. The SMILES string of the molecule is CCOC(=O)CC[C@@H](C)[C@H]1CC[C@H]2[C@@H]3CC=C4C[C@@H](O)CC[C@]4(C)[C@H]3CC[C@]12C. The molecule has 0 amide bonds. The molecule has 0 aromatic rings. The van der Waals surface area contributed by atoms with Gasteiger partial charge in [-0.15, -0.1) is 0 Å². The molecule has 164 valence electrons. The summed E-state index contributed by atoms with van der Waals surface area (Å²) >= 11 is 0. The Kier molecular flexibility index (Phi) is 5.92. The highest BCUT2D eigenvalue weighted by Crippen LogP contribution is 2.67. The Morgan fingerprint density at radius 3 is 2.76 bits per heavy atom. The van der Waals surface area contributed by atoms with Gasteiger partial charge in [-0.1, -0.05) is 32.4 Å². The lowest BCUT2D eigenvalue weighted by atomic mass is 9.47. The molecule has 3 fully saturated rings. The zero-order valence-electron chi connectivity index (χ0n) is 19.1. The maximum Gasteiger partial charge on any atom is 0.305 e. The van der Waals surface area contributed by atoms with Crippen molar-refractivity contribution < 1.29 is 14.6 Å². The van der Waals surface area contributed by atoms with Gasteiger partial charge in [0, 0.05) is 6.42 Å². The Morgan fingerprint density at radius 1 is 1.21 bits per heavy atom. The van der Waals surface area contributed by atoms with E-state index in [0.717, 1.165) is 42.9 Å². The van der Waals surface area contributed by atoms with Crippen molar-refractivity contribution in [3.63, 3.8) is 0 Å². The van der Waals surface area contributed by atoms with Gasteiger partial charge in [-0.2, -0.15) is 0 Å². The number of ether oxygens (including phenoxy) is 1. The summed E-state index contributed by atoms with van der Waals surface area (Å²) in [5.41, 5.74) is 2.33. The van der Waals surface area contributed by atoms with Crippen LogP contribution in [0.5, 0.6) is 0 Å². The molecule has 0 aliphatic heterocycles. The van der Waals surface area contributed by atoms with Gasteiger partial charge in [0.2, 0.25) is 0 Å². The summed E-state index contributed by atoms with van der Waals surface area (Å²) in [4.78, 5) is 11.9. The van der Waals surface area contributed by atoms with E-state index in [9.17, 15) is 9.90 Å². The molecule has 8 atom stereocenters. The van der Waals surface area contributed by atoms with Crippen LogP contribution in [0.15, 0.2) is 11.6 Å². The van der Waals surface area contributed by atoms with Crippen molar-refractivity contribution in [3.8, 4) is 0 Å². The third-order valence-electron chi connectivity index (χ3n) is 9.95. The molecular formula is C26H42O3. The predicted octanol–water partition coefficient (Wildman–Crippen LogP) is 5.91. The lowest BCUT2D eigenvalue weighted by Crippen LogP contribution is -2.50. The van der Waals surface area contributed by atoms with E-state index in [0.29, 0.717) is 29.8 Å². The Labute approximate surface area is 177 Å². The first kappa shape index (κ1) is 21.4. The maximum absolute atomic E-state index is 11.9. The molecule has 29 heavy (non-hydrogen) atoms. The summed E-state index contributed by atoms with van der Waals surface area (Å²) in [6, 6.07) is 0. The molecule has 4 aliphatic rings. The largest absolute Gasteiger partial charge is 0.466 e. The Balaban J connectivity index is 1.48. The fourth-order valence-electron chi connectivity index (χ4n) is 8.40. The van der Waals surface area contributed by atoms with E-state index in [2.05, 4.69) is 26.8 Å². The predicted molar refractivity (Wildman–Crippen MR) is 116 cm³/mol. The highest BCUT2D eigenvalue weighted by atomic mass is 16.5. The number of rotatable bonds is 5. The van der Waals surface area contributed by atoms with Gasteiger partial charge >= 0.3 is 5.97 Å². The lowest BCUT2D eigenvalue weighted by Gasteiger charge is -2.58. The summed E-state index contributed by atoms with van der Waals surface area (Å²) in [6.07, 6.45) is 13.7. The van der Waals surface area contributed by atoms with Crippen LogP contribution in [0.2, 0.25) is 0 Å². The average Bonchev–Trinajstić information content (AvgIpc) is 3.04. The first-order valence-electron chi connectivity index (χ1n) is 12.3. The highest BCUT2D eigenvalue weighted by molar-refractivity contribution is 5.69. The molecule has 0 radical (unpaired) electrons. The molecule has 3 saturated carbocycles. The van der Waals surface area contributed by atoms with E-state index in [4.69, 9.17) is 4.74 Å². The fourth-order valence-corrected chi connectivity index (χ4v) is 8.40. The molecule has 0 aromatic carbocycles. The quantitative estimate of drug-likeness (QED) is 0.459. The van der Waals surface area contributed by atoms with E-state index < -0.39 is 0 Å². The summed E-state index contributed by atoms with van der Waals surface area (Å²) in [5, 5.41) is 10.2. The number of hydrogen-bond acceptors (Lipinski definition) is 3. The minimum atomic E-state index is -0.115. The van der Waals surface area contributed by atoms with Crippen molar-refractivity contribution in [2.45, 2.75) is 98.0 Å². The van der Waals surface area contributed by atoms with Crippen molar-refractivity contribution >= 4 is 5.97 Å². The number of aliphatic hydroxyl groups excluding tert-OH is 1. The number of carbonyl (C=O) groups is 1. The third kappa shape index (κ3) is 3.60. The minimum absolute atomic E-state index is 0.0277. The van der Waals surface area contributed by atoms with Crippen LogP contribution in [0.1, 0.15) is 91.9 Å². The van der Waals surface area contributed by atoms with Crippen LogP contribution in [0, 0.1) is 40.4 Å². The van der Waals surface area contributed by atoms with E-state index in [1.165, 1.54) is 38.5 Å². The van der Waals surface area contributed by atoms with Gasteiger partial charge in [-0.05, 0) is 105 Å². The van der Waals surface area contributed by atoms with Crippen LogP contribution in [-0.4, -0.2) is 23.8 Å². The van der Waals surface area contributed by atoms with E-state index in [1.807, 2.05) is 6.92 Å². The summed E-state index contributed by atoms with van der Waals surface area (Å²) in [6.45, 7) is 9.86. The zero-order valence-corrected chi connectivity index (χ0v) is 19.1. The van der Waals surface area contributed by atoms with Gasteiger partial charge in [-0.25, -0.2) is 0 Å². The summed E-state index contributed by atoms with van der Waals surface area (Å²) in [7, 11) is 0. The Bertz CT molecular complexity index is 654. The van der Waals surface area contributed by atoms with E-state index in [1.54, 1.807) is 5.57 Å². The molecule has 0 spiro atoms. The number of hydrogen-bond donors (Lipinski definition) is 1. The van der Waals surface area contributed by atoms with Crippen molar-refractivity contribution in [2.24, 2.45) is 40.4 Å². The topological polar surface area (TPSA) is 46.5 Å². The standard InChI is InChI=1S/C26H42O3/c1-5-29-24(28)11-6-17(2)21-9-10-22-20-8-7-18-16-19(27)12-14-25(18,3)23(20)13-15-26(21,22)4/h7,17,19-23,27H,5-6,8-16H2,1-4H3/t17-,19+,20+,21-,22+,23+,25+,26-/m1/s1. The maximum atomic E-state index is 11.9. The van der Waals surface area contributed by atoms with Crippen molar-refractivity contribution in [1.29, 1.82) is 0 Å². The molecular weight excluding hydrogens is 360 g/mol. The normalized spacial score (nSPS) is 44.9. The fraction of sp³-hybridized carbons (Fsp3) is 0.885. The molecule has 1 N–H and O–H groups in total. The van der Waals surface area contributed by atoms with Crippen LogP contribution in [0.3, 0.4) is 0 Å². The number of esters is 1. The van der Waals surface area contributed by atoms with Gasteiger partial charge in [0.25, 0.3) is 0 Å². The van der Waals surface area contributed by atoms with Crippen LogP contribution in [0.4, 0.5) is 0 Å². The monoisotopic (exact) mass is 402 g/mol. The zero-order chi connectivity index (χ0) is 20.8. The van der Waals surface area contributed by atoms with Gasteiger partial charge in [0.05, 0.1) is 12.7 Å². The van der Waals surface area contributed by atoms with E-state index in [-0.39, 0.29) is 12.1 Å². The van der Waals surface area contributed by atoms with Crippen molar-refractivity contribution in [3.05, 3.63) is 11.6 Å². The molecule has 0 heterocycles. The number of carbonyl (C=O) groups excluding carboxylic acids is 1. The summed E-state index contributed by atoms with van der Waals surface area (Å²) < 4.78 is 5.16. The smallest absolute Gasteiger partial charge is 0.305 e. The van der Waals surface area contributed by atoms with Crippen LogP contribution >= 0.6 is 0 Å². The third-order valence-corrected chi connectivity index (χ3v) is 9.95. The van der Waals surface area contributed by atoms with Crippen LogP contribution in [-0.2, 0) is 9.53 Å². The number of fused-ring (bicyclic) bond motifs is 5. The van der Waals surface area contributed by atoms with Gasteiger partial charge < -0.3 is 9.84 Å². The molecule has 3 heteroatoms. The number of aliphatic hydroxyl groups is 1. The molecule has 0 aromatic heterocycles. The minimum Gasteiger partial charge on any atom is -0.466 e. The molecule has 0 saturated heterocycles. The molecule has 3 nitrogen and oxygen atoms in total. The van der Waals surface area contributed by atoms with Gasteiger partial charge in [0.1, 0.15) is 0 Å². The molecule has 4 rings (SSSR count). The molecule has 0 unspecified atom stereocenters. The van der Waals surface area contributed by atoms with Crippen LogP contribution < -0.4 is 0 Å². The Morgan fingerprint density at radius 2 is 2.00 bits per heavy atom. The van der Waals surface area contributed by atoms with E-state index >= 15 is 0 Å². The van der Waals surface area contributed by atoms with Crippen molar-refractivity contribution in [1.82, 2.24) is 0 Å². The highest BCUT2D eigenvalue weighted by Gasteiger charge is 2.59. The lowest BCUT2D eigenvalue weighted by molar-refractivity contribution is -0.143. The van der Waals surface area contributed by atoms with Crippen LogP contribution in [0.25, 0.3) is 0 Å². The second-order valence-electron chi connectivity index (χ2n) is 11.2. The average molecular weight is 403 g/mol. The Hall–Kier alpha value is -0.830. The second kappa shape index (κ2) is 8.02. The molecule has 0 bridgehead atoms. The van der Waals surface area contributed by atoms with Gasteiger partial charge in [0.15, 0.2) is 0 Å². The van der Waals surface area contributed by atoms with Crippen molar-refractivity contribution in [2.75, 3.05) is 6.61 Å². The molecule has 4 aliphatic carbocycles. The second-order valence-corrected chi connectivity index (χ2v) is 11.2. The van der Waals surface area contributed by atoms with Gasteiger partial charge in [-0.3, -0.25) is 4.79 Å². The number of allylic oxidation sites excluding steroid dienone is 1.